The van der Waals surface area contributed by atoms with Crippen molar-refractivity contribution in [3.05, 3.63) is 27.7 Å². The lowest BCUT2D eigenvalue weighted by molar-refractivity contribution is -0.117. The largest absolute Gasteiger partial charge is 0.308 e. The van der Waals surface area contributed by atoms with Crippen molar-refractivity contribution >= 4 is 50.7 Å². The van der Waals surface area contributed by atoms with Gasteiger partial charge in [-0.25, -0.2) is 8.78 Å². The smallest absolute Gasteiger partial charge is 0.228 e. The quantitative estimate of drug-likeness (QED) is 0.431. The lowest BCUT2D eigenvalue weighted by Gasteiger charge is -2.18. The molecule has 1 saturated heterocycles. The highest BCUT2D eigenvalue weighted by Gasteiger charge is 2.32. The molecular weight excluding hydrogens is 339 g/mol. The van der Waals surface area contributed by atoms with Crippen LogP contribution in [0.2, 0.25) is 10.0 Å². The number of rotatable bonds is 1. The highest BCUT2D eigenvalue weighted by molar-refractivity contribution is 9.09. The molecular formula is C10H6BrCl2F2NO. The number of anilines is 1. The van der Waals surface area contributed by atoms with E-state index in [0.717, 1.165) is 6.07 Å². The molecule has 92 valence electrons. The summed E-state index contributed by atoms with van der Waals surface area (Å²) in [6.07, 6.45) is 0.256. The molecule has 1 fully saturated rings. The molecule has 7 heteroatoms. The molecule has 0 aromatic heterocycles. The Morgan fingerprint density at radius 1 is 1.35 bits per heavy atom. The molecule has 1 unspecified atom stereocenters. The highest BCUT2D eigenvalue weighted by Crippen LogP contribution is 2.36. The van der Waals surface area contributed by atoms with Crippen molar-refractivity contribution in [3.63, 3.8) is 0 Å². The maximum absolute atomic E-state index is 13.8. The second-order valence-electron chi connectivity index (χ2n) is 3.63. The summed E-state index contributed by atoms with van der Waals surface area (Å²) in [6, 6.07) is 1.07. The van der Waals surface area contributed by atoms with Crippen molar-refractivity contribution in [3.8, 4) is 0 Å². The van der Waals surface area contributed by atoms with Gasteiger partial charge in [-0.3, -0.25) is 4.79 Å². The van der Waals surface area contributed by atoms with E-state index in [0.29, 0.717) is 6.54 Å². The number of benzene rings is 1. The zero-order chi connectivity index (χ0) is 12.7. The summed E-state index contributed by atoms with van der Waals surface area (Å²) < 4.78 is 27.0. The topological polar surface area (TPSA) is 20.3 Å². The second kappa shape index (κ2) is 4.71. The van der Waals surface area contributed by atoms with Crippen LogP contribution in [0.4, 0.5) is 14.5 Å². The van der Waals surface area contributed by atoms with Crippen LogP contribution < -0.4 is 4.90 Å². The third-order valence-electron chi connectivity index (χ3n) is 2.45. The summed E-state index contributed by atoms with van der Waals surface area (Å²) in [5.41, 5.74) is -0.0895. The Bertz CT molecular complexity index is 498. The first-order valence-corrected chi connectivity index (χ1v) is 6.36. The molecule has 2 rings (SSSR count). The van der Waals surface area contributed by atoms with E-state index in [2.05, 4.69) is 15.9 Å². The monoisotopic (exact) mass is 343 g/mol. The van der Waals surface area contributed by atoms with Gasteiger partial charge in [0.1, 0.15) is 5.02 Å². The summed E-state index contributed by atoms with van der Waals surface area (Å²) in [5, 5.41) is -1.00. The fourth-order valence-corrected chi connectivity index (χ4v) is 2.66. The Morgan fingerprint density at radius 3 is 2.53 bits per heavy atom. The summed E-state index contributed by atoms with van der Waals surface area (Å²) in [4.78, 5) is 12.7. The van der Waals surface area contributed by atoms with E-state index in [1.165, 1.54) is 4.90 Å². The Morgan fingerprint density at radius 2 is 2.00 bits per heavy atom. The predicted octanol–water partition coefficient (Wildman–Crippen LogP) is 3.77. The Hall–Kier alpha value is -0.390. The fraction of sp³-hybridized carbons (Fsp3) is 0.300. The van der Waals surface area contributed by atoms with Gasteiger partial charge in [0, 0.05) is 17.8 Å². The maximum atomic E-state index is 13.8. The van der Waals surface area contributed by atoms with Crippen molar-refractivity contribution in [1.82, 2.24) is 0 Å². The van der Waals surface area contributed by atoms with Gasteiger partial charge in [-0.1, -0.05) is 39.1 Å². The van der Waals surface area contributed by atoms with E-state index in [4.69, 9.17) is 23.2 Å². The third kappa shape index (κ3) is 2.28. The van der Waals surface area contributed by atoms with Crippen molar-refractivity contribution < 1.29 is 13.6 Å². The number of amides is 1. The van der Waals surface area contributed by atoms with Crippen LogP contribution in [0.1, 0.15) is 6.42 Å². The van der Waals surface area contributed by atoms with Gasteiger partial charge >= 0.3 is 0 Å². The number of alkyl halides is 1. The number of hydrogen-bond donors (Lipinski definition) is 0. The molecule has 0 radical (unpaired) electrons. The number of carbonyl (C=O) groups excluding carboxylic acids is 1. The van der Waals surface area contributed by atoms with Crippen LogP contribution in [-0.4, -0.2) is 17.3 Å². The van der Waals surface area contributed by atoms with Gasteiger partial charge in [-0.05, 0) is 6.07 Å². The van der Waals surface area contributed by atoms with Crippen molar-refractivity contribution in [2.45, 2.75) is 11.2 Å². The SMILES string of the molecule is O=C1CC(Br)CN1c1cc(Cl)c(F)c(Cl)c1F. The van der Waals surface area contributed by atoms with Gasteiger partial charge in [0.15, 0.2) is 11.6 Å². The van der Waals surface area contributed by atoms with E-state index in [1.807, 2.05) is 0 Å². The van der Waals surface area contributed by atoms with Crippen molar-refractivity contribution in [1.29, 1.82) is 0 Å². The number of hydrogen-bond acceptors (Lipinski definition) is 1. The molecule has 0 bridgehead atoms. The minimum absolute atomic E-state index is 0.0583. The molecule has 1 amide bonds. The molecule has 2 nitrogen and oxygen atoms in total. The lowest BCUT2D eigenvalue weighted by Crippen LogP contribution is -2.25. The molecule has 0 N–H and O–H groups in total. The van der Waals surface area contributed by atoms with Crippen LogP contribution >= 0.6 is 39.1 Å². The molecule has 0 saturated carbocycles. The summed E-state index contributed by atoms with van der Waals surface area (Å²) in [5.74, 6) is -2.25. The summed E-state index contributed by atoms with van der Waals surface area (Å²) >= 11 is 14.3. The van der Waals surface area contributed by atoms with E-state index < -0.39 is 16.7 Å². The molecule has 1 heterocycles. The van der Waals surface area contributed by atoms with Crippen LogP contribution in [0.15, 0.2) is 6.07 Å². The molecule has 1 aromatic carbocycles. The normalized spacial score (nSPS) is 20.2. The van der Waals surface area contributed by atoms with Gasteiger partial charge in [-0.2, -0.15) is 0 Å². The van der Waals surface area contributed by atoms with Gasteiger partial charge in [0.2, 0.25) is 5.91 Å². The molecule has 17 heavy (non-hydrogen) atoms. The Labute approximate surface area is 115 Å². The van der Waals surface area contributed by atoms with Crippen LogP contribution in [0, 0.1) is 11.6 Å². The van der Waals surface area contributed by atoms with Crippen LogP contribution in [0.3, 0.4) is 0 Å². The van der Waals surface area contributed by atoms with E-state index >= 15 is 0 Å². The van der Waals surface area contributed by atoms with Gasteiger partial charge in [-0.15, -0.1) is 0 Å². The molecule has 1 aromatic rings. The van der Waals surface area contributed by atoms with Crippen LogP contribution in [0.5, 0.6) is 0 Å². The van der Waals surface area contributed by atoms with E-state index in [9.17, 15) is 13.6 Å². The molecule has 1 aliphatic heterocycles. The lowest BCUT2D eigenvalue weighted by atomic mass is 10.2. The first kappa shape index (κ1) is 13.1. The van der Waals surface area contributed by atoms with Crippen LogP contribution in [-0.2, 0) is 4.79 Å². The maximum Gasteiger partial charge on any atom is 0.228 e. The minimum Gasteiger partial charge on any atom is -0.308 e. The highest BCUT2D eigenvalue weighted by atomic mass is 79.9. The Kier molecular flexibility index (Phi) is 3.61. The van der Waals surface area contributed by atoms with Crippen molar-refractivity contribution in [2.75, 3.05) is 11.4 Å². The first-order chi connectivity index (χ1) is 7.91. The fourth-order valence-electron chi connectivity index (χ4n) is 1.65. The Balaban J connectivity index is 2.50. The number of carbonyl (C=O) groups is 1. The average molecular weight is 345 g/mol. The summed E-state index contributed by atoms with van der Waals surface area (Å²) in [6.45, 7) is 0.300. The molecule has 1 aliphatic rings. The number of halogens is 5. The molecule has 1 atom stereocenters. The first-order valence-electron chi connectivity index (χ1n) is 4.69. The van der Waals surface area contributed by atoms with E-state index in [-0.39, 0.29) is 27.9 Å². The van der Waals surface area contributed by atoms with Gasteiger partial charge in [0.25, 0.3) is 0 Å². The minimum atomic E-state index is -1.02. The zero-order valence-electron chi connectivity index (χ0n) is 8.31. The second-order valence-corrected chi connectivity index (χ2v) is 5.71. The predicted molar refractivity (Wildman–Crippen MR) is 66.1 cm³/mol. The van der Waals surface area contributed by atoms with Gasteiger partial charge in [0.05, 0.1) is 10.7 Å². The summed E-state index contributed by atoms with van der Waals surface area (Å²) in [7, 11) is 0. The number of nitrogens with zero attached hydrogens (tertiary/aromatic N) is 1. The third-order valence-corrected chi connectivity index (χ3v) is 3.67. The molecule has 0 spiro atoms. The zero-order valence-corrected chi connectivity index (χ0v) is 11.4. The van der Waals surface area contributed by atoms with Crippen molar-refractivity contribution in [2.24, 2.45) is 0 Å². The standard InChI is InChI=1S/C10H6BrCl2F2NO/c11-4-1-7(17)16(3-4)6-2-5(12)9(14)8(13)10(6)15/h2,4H,1,3H2. The average Bonchev–Trinajstić information content (AvgIpc) is 2.60. The van der Waals surface area contributed by atoms with Gasteiger partial charge < -0.3 is 4.90 Å². The van der Waals surface area contributed by atoms with Crippen LogP contribution in [0.25, 0.3) is 0 Å². The van der Waals surface area contributed by atoms with E-state index in [1.54, 1.807) is 0 Å². The molecule has 0 aliphatic carbocycles.